The van der Waals surface area contributed by atoms with Crippen LogP contribution in [0.2, 0.25) is 0 Å². The van der Waals surface area contributed by atoms with Crippen molar-refractivity contribution in [2.24, 2.45) is 5.73 Å². The number of aryl methyl sites for hydroxylation is 1. The topological polar surface area (TPSA) is 51.8 Å². The van der Waals surface area contributed by atoms with Gasteiger partial charge in [0.15, 0.2) is 0 Å². The van der Waals surface area contributed by atoms with Gasteiger partial charge in [-0.15, -0.1) is 0 Å². The monoisotopic (exact) mass is 191 g/mol. The number of hydrogen-bond acceptors (Lipinski definition) is 3. The van der Waals surface area contributed by atoms with Gasteiger partial charge in [0.05, 0.1) is 0 Å². The molecule has 0 fully saturated rings. The SMILES string of the molecule is CC(N)Cc1ncnc2c1CCCC2. The first-order valence-corrected chi connectivity index (χ1v) is 5.34. The lowest BCUT2D eigenvalue weighted by Gasteiger charge is -2.17. The van der Waals surface area contributed by atoms with E-state index in [0.717, 1.165) is 19.3 Å². The van der Waals surface area contributed by atoms with Crippen molar-refractivity contribution >= 4 is 0 Å². The van der Waals surface area contributed by atoms with Crippen LogP contribution in [-0.4, -0.2) is 16.0 Å². The molecule has 0 aromatic carbocycles. The molecule has 1 unspecified atom stereocenters. The molecule has 14 heavy (non-hydrogen) atoms. The van der Waals surface area contributed by atoms with Crippen LogP contribution in [0.4, 0.5) is 0 Å². The van der Waals surface area contributed by atoms with Crippen molar-refractivity contribution in [1.29, 1.82) is 0 Å². The standard InChI is InChI=1S/C11H17N3/c1-8(12)6-11-9-4-2-3-5-10(9)13-7-14-11/h7-8H,2-6,12H2,1H3. The molecule has 0 amide bonds. The highest BCUT2D eigenvalue weighted by Gasteiger charge is 2.15. The van der Waals surface area contributed by atoms with Crippen molar-refractivity contribution in [1.82, 2.24) is 9.97 Å². The number of rotatable bonds is 2. The van der Waals surface area contributed by atoms with Crippen molar-refractivity contribution in [3.63, 3.8) is 0 Å². The third kappa shape index (κ3) is 1.93. The quantitative estimate of drug-likeness (QED) is 0.765. The van der Waals surface area contributed by atoms with Crippen LogP contribution in [0.5, 0.6) is 0 Å². The van der Waals surface area contributed by atoms with E-state index in [4.69, 9.17) is 5.73 Å². The van der Waals surface area contributed by atoms with Gasteiger partial charge in [0, 0.05) is 23.9 Å². The molecule has 2 N–H and O–H groups in total. The van der Waals surface area contributed by atoms with Gasteiger partial charge in [0.2, 0.25) is 0 Å². The Balaban J connectivity index is 2.30. The van der Waals surface area contributed by atoms with Gasteiger partial charge in [0.1, 0.15) is 6.33 Å². The summed E-state index contributed by atoms with van der Waals surface area (Å²) in [5, 5.41) is 0. The molecule has 1 heterocycles. The second kappa shape index (κ2) is 4.05. The van der Waals surface area contributed by atoms with Crippen LogP contribution in [0.25, 0.3) is 0 Å². The van der Waals surface area contributed by atoms with E-state index in [-0.39, 0.29) is 6.04 Å². The van der Waals surface area contributed by atoms with E-state index in [2.05, 4.69) is 9.97 Å². The summed E-state index contributed by atoms with van der Waals surface area (Å²) in [7, 11) is 0. The smallest absolute Gasteiger partial charge is 0.115 e. The summed E-state index contributed by atoms with van der Waals surface area (Å²) in [6.07, 6.45) is 7.35. The van der Waals surface area contributed by atoms with Crippen LogP contribution in [0.1, 0.15) is 36.7 Å². The normalized spacial score (nSPS) is 17.6. The number of hydrogen-bond donors (Lipinski definition) is 1. The lowest BCUT2D eigenvalue weighted by molar-refractivity contribution is 0.635. The molecule has 1 aliphatic rings. The minimum atomic E-state index is 0.191. The van der Waals surface area contributed by atoms with Gasteiger partial charge in [-0.2, -0.15) is 0 Å². The van der Waals surface area contributed by atoms with Crippen LogP contribution in [0.15, 0.2) is 6.33 Å². The van der Waals surface area contributed by atoms with E-state index in [9.17, 15) is 0 Å². The minimum absolute atomic E-state index is 0.191. The predicted molar refractivity (Wildman–Crippen MR) is 56.0 cm³/mol. The second-order valence-corrected chi connectivity index (χ2v) is 4.13. The molecule has 2 rings (SSSR count). The molecule has 0 saturated heterocycles. The molecule has 0 aliphatic heterocycles. The number of aromatic nitrogens is 2. The Labute approximate surface area is 84.8 Å². The van der Waals surface area contributed by atoms with Crippen molar-refractivity contribution in [3.8, 4) is 0 Å². The van der Waals surface area contributed by atoms with Gasteiger partial charge in [-0.1, -0.05) is 0 Å². The van der Waals surface area contributed by atoms with E-state index >= 15 is 0 Å². The molecule has 1 aromatic rings. The first-order valence-electron chi connectivity index (χ1n) is 5.34. The molecule has 76 valence electrons. The highest BCUT2D eigenvalue weighted by Crippen LogP contribution is 2.21. The molecule has 3 nitrogen and oxygen atoms in total. The molecule has 1 atom stereocenters. The molecule has 1 aliphatic carbocycles. The molecule has 0 radical (unpaired) electrons. The van der Waals surface area contributed by atoms with Crippen LogP contribution in [-0.2, 0) is 19.3 Å². The van der Waals surface area contributed by atoms with Crippen molar-refractivity contribution in [2.75, 3.05) is 0 Å². The van der Waals surface area contributed by atoms with E-state index in [1.807, 2.05) is 6.92 Å². The molecule has 0 saturated carbocycles. The third-order valence-electron chi connectivity index (χ3n) is 2.73. The van der Waals surface area contributed by atoms with Crippen molar-refractivity contribution < 1.29 is 0 Å². The van der Waals surface area contributed by atoms with Gasteiger partial charge in [0.25, 0.3) is 0 Å². The fourth-order valence-corrected chi connectivity index (χ4v) is 2.07. The lowest BCUT2D eigenvalue weighted by Crippen LogP contribution is -2.21. The van der Waals surface area contributed by atoms with Crippen molar-refractivity contribution in [2.45, 2.75) is 45.1 Å². The lowest BCUT2D eigenvalue weighted by atomic mass is 9.93. The summed E-state index contributed by atoms with van der Waals surface area (Å²) in [5.41, 5.74) is 9.59. The molecular formula is C11H17N3. The summed E-state index contributed by atoms with van der Waals surface area (Å²) in [6.45, 7) is 2.03. The average Bonchev–Trinajstić information content (AvgIpc) is 2.18. The van der Waals surface area contributed by atoms with Crippen LogP contribution < -0.4 is 5.73 Å². The molecular weight excluding hydrogens is 174 g/mol. The van der Waals surface area contributed by atoms with Gasteiger partial charge in [-0.3, -0.25) is 0 Å². The highest BCUT2D eigenvalue weighted by molar-refractivity contribution is 5.27. The van der Waals surface area contributed by atoms with Gasteiger partial charge in [-0.25, -0.2) is 9.97 Å². The summed E-state index contributed by atoms with van der Waals surface area (Å²) in [4.78, 5) is 8.68. The fraction of sp³-hybridized carbons (Fsp3) is 0.636. The average molecular weight is 191 g/mol. The maximum Gasteiger partial charge on any atom is 0.115 e. The number of nitrogens with two attached hydrogens (primary N) is 1. The maximum absolute atomic E-state index is 5.80. The van der Waals surface area contributed by atoms with Gasteiger partial charge < -0.3 is 5.73 Å². The van der Waals surface area contributed by atoms with E-state index < -0.39 is 0 Å². The summed E-state index contributed by atoms with van der Waals surface area (Å²) in [6, 6.07) is 0.191. The summed E-state index contributed by atoms with van der Waals surface area (Å²) < 4.78 is 0. The van der Waals surface area contributed by atoms with Gasteiger partial charge in [-0.05, 0) is 38.2 Å². The molecule has 0 bridgehead atoms. The Morgan fingerprint density at radius 1 is 1.36 bits per heavy atom. The maximum atomic E-state index is 5.80. The van der Waals surface area contributed by atoms with Crippen LogP contribution >= 0.6 is 0 Å². The fourth-order valence-electron chi connectivity index (χ4n) is 2.07. The minimum Gasteiger partial charge on any atom is -0.328 e. The van der Waals surface area contributed by atoms with Gasteiger partial charge >= 0.3 is 0 Å². The summed E-state index contributed by atoms with van der Waals surface area (Å²) >= 11 is 0. The Morgan fingerprint density at radius 3 is 2.93 bits per heavy atom. The highest BCUT2D eigenvalue weighted by atomic mass is 14.8. The Bertz CT molecular complexity index is 320. The van der Waals surface area contributed by atoms with Crippen molar-refractivity contribution in [3.05, 3.63) is 23.3 Å². The Morgan fingerprint density at radius 2 is 2.14 bits per heavy atom. The third-order valence-corrected chi connectivity index (χ3v) is 2.73. The number of nitrogens with zero attached hydrogens (tertiary/aromatic N) is 2. The largest absolute Gasteiger partial charge is 0.328 e. The van der Waals surface area contributed by atoms with Crippen LogP contribution in [0.3, 0.4) is 0 Å². The predicted octanol–water partition coefficient (Wildman–Crippen LogP) is 1.25. The molecule has 0 spiro atoms. The first kappa shape index (κ1) is 9.59. The first-order chi connectivity index (χ1) is 6.77. The Hall–Kier alpha value is -0.960. The summed E-state index contributed by atoms with van der Waals surface area (Å²) in [5.74, 6) is 0. The van der Waals surface area contributed by atoms with E-state index in [1.165, 1.54) is 29.8 Å². The van der Waals surface area contributed by atoms with E-state index in [1.54, 1.807) is 6.33 Å². The zero-order valence-electron chi connectivity index (χ0n) is 8.66. The second-order valence-electron chi connectivity index (χ2n) is 4.13. The molecule has 1 aromatic heterocycles. The Kier molecular flexibility index (Phi) is 2.77. The van der Waals surface area contributed by atoms with E-state index in [0.29, 0.717) is 0 Å². The molecule has 3 heteroatoms. The zero-order valence-corrected chi connectivity index (χ0v) is 8.66. The zero-order chi connectivity index (χ0) is 9.97. The number of fused-ring (bicyclic) bond motifs is 1. The van der Waals surface area contributed by atoms with Crippen LogP contribution in [0, 0.1) is 0 Å².